The van der Waals surface area contributed by atoms with Crippen LogP contribution in [0.2, 0.25) is 5.02 Å². The highest BCUT2D eigenvalue weighted by Crippen LogP contribution is 2.31. The molecule has 0 saturated heterocycles. The van der Waals surface area contributed by atoms with Gasteiger partial charge < -0.3 is 5.32 Å². The van der Waals surface area contributed by atoms with Gasteiger partial charge in [0.25, 0.3) is 0 Å². The summed E-state index contributed by atoms with van der Waals surface area (Å²) in [4.78, 5) is 18.7. The zero-order chi connectivity index (χ0) is 24.1. The van der Waals surface area contributed by atoms with Crippen LogP contribution in [-0.4, -0.2) is 23.9 Å². The molecule has 0 spiro atoms. The van der Waals surface area contributed by atoms with Gasteiger partial charge in [-0.05, 0) is 53.3 Å². The number of hydrogen-bond donors (Lipinski definition) is 3. The Morgan fingerprint density at radius 2 is 1.85 bits per heavy atom. The summed E-state index contributed by atoms with van der Waals surface area (Å²) in [5.41, 5.74) is 2.65. The van der Waals surface area contributed by atoms with Gasteiger partial charge in [0.2, 0.25) is 5.91 Å². The minimum absolute atomic E-state index is 0.164. The molecule has 0 radical (unpaired) electrons. The second kappa shape index (κ2) is 10.7. The van der Waals surface area contributed by atoms with E-state index in [9.17, 15) is 13.2 Å². The normalized spacial score (nSPS) is 12.3. The lowest BCUT2D eigenvalue weighted by molar-refractivity contribution is -0.121. The minimum atomic E-state index is -4.35. The van der Waals surface area contributed by atoms with Crippen LogP contribution in [0.1, 0.15) is 22.9 Å². The van der Waals surface area contributed by atoms with Gasteiger partial charge in [-0.1, -0.05) is 41.9 Å². The van der Waals surface area contributed by atoms with Crippen molar-refractivity contribution in [1.82, 2.24) is 10.3 Å². The second-order valence-corrected chi connectivity index (χ2v) is 10.9. The minimum Gasteiger partial charge on any atom is -0.347 e. The molecule has 0 bridgehead atoms. The van der Waals surface area contributed by atoms with Crippen LogP contribution >= 0.6 is 34.3 Å². The smallest absolute Gasteiger partial charge is 0.347 e. The second-order valence-electron chi connectivity index (χ2n) is 7.46. The Bertz CT molecular complexity index is 1370. The number of carbonyl (C=O) groups is 1. The largest absolute Gasteiger partial charge is 0.357 e. The molecule has 0 saturated carbocycles. The number of anilines is 1. The predicted molar refractivity (Wildman–Crippen MR) is 137 cm³/mol. The monoisotopic (exact) mass is 533 g/mol. The van der Waals surface area contributed by atoms with E-state index in [0.29, 0.717) is 11.4 Å². The van der Waals surface area contributed by atoms with Crippen LogP contribution < -0.4 is 10.0 Å². The first kappa shape index (κ1) is 24.4. The predicted octanol–water partition coefficient (Wildman–Crippen LogP) is 5.38. The third kappa shape index (κ3) is 6.87. The van der Waals surface area contributed by atoms with Gasteiger partial charge in [-0.2, -0.15) is 8.42 Å². The topological polar surface area (TPSA) is 108 Å². The van der Waals surface area contributed by atoms with Crippen molar-refractivity contribution < 1.29 is 17.8 Å². The lowest BCUT2D eigenvalue weighted by Crippen LogP contribution is -2.31. The lowest BCUT2D eigenvalue weighted by Gasteiger charge is -2.18. The molecule has 2 aromatic carbocycles. The highest BCUT2D eigenvalue weighted by Gasteiger charge is 2.20. The fourth-order valence-electron chi connectivity index (χ4n) is 3.36. The number of nitrogens with zero attached hydrogens (tertiary/aromatic N) is 1. The molecule has 11 heteroatoms. The van der Waals surface area contributed by atoms with Crippen molar-refractivity contribution in [1.29, 1.82) is 0 Å². The number of carbonyl (C=O) groups excluding carboxylic acids is 1. The number of nitrogens with one attached hydrogen (secondary N) is 2. The molecule has 0 aliphatic carbocycles. The van der Waals surface area contributed by atoms with Gasteiger partial charge in [-0.15, -0.1) is 22.7 Å². The first-order valence-corrected chi connectivity index (χ1v) is 13.7. The summed E-state index contributed by atoms with van der Waals surface area (Å²) >= 11 is 9.16. The van der Waals surface area contributed by atoms with Crippen molar-refractivity contribution in [2.24, 2.45) is 0 Å². The summed E-state index contributed by atoms with van der Waals surface area (Å²) in [5, 5.41) is 8.45. The van der Waals surface area contributed by atoms with E-state index in [1.807, 2.05) is 33.7 Å². The highest BCUT2D eigenvalue weighted by atomic mass is 35.5. The lowest BCUT2D eigenvalue weighted by atomic mass is 10.0. The molecule has 7 nitrogen and oxygen atoms in total. The van der Waals surface area contributed by atoms with Crippen molar-refractivity contribution in [3.63, 3.8) is 0 Å². The molecule has 34 heavy (non-hydrogen) atoms. The van der Waals surface area contributed by atoms with Crippen molar-refractivity contribution in [3.8, 4) is 9.88 Å². The molecular formula is C23H20ClN3O4S3. The maximum Gasteiger partial charge on any atom is 0.357 e. The van der Waals surface area contributed by atoms with Crippen LogP contribution in [0.4, 0.5) is 5.69 Å². The van der Waals surface area contributed by atoms with E-state index in [4.69, 9.17) is 21.1 Å². The quantitative estimate of drug-likeness (QED) is 0.250. The van der Waals surface area contributed by atoms with E-state index in [1.165, 1.54) is 11.3 Å². The van der Waals surface area contributed by atoms with Crippen molar-refractivity contribution >= 4 is 56.2 Å². The van der Waals surface area contributed by atoms with Gasteiger partial charge >= 0.3 is 10.3 Å². The summed E-state index contributed by atoms with van der Waals surface area (Å²) in [6, 6.07) is 17.3. The van der Waals surface area contributed by atoms with E-state index >= 15 is 0 Å². The van der Waals surface area contributed by atoms with Crippen LogP contribution in [0.15, 0.2) is 71.4 Å². The molecule has 0 fully saturated rings. The van der Waals surface area contributed by atoms with E-state index in [-0.39, 0.29) is 18.0 Å². The molecule has 176 valence electrons. The number of hydrogen-bond acceptors (Lipinski definition) is 6. The standard InChI is InChI=1S/C23H20ClN3O4S3/c24-17-4-1-3-16(11-17)13-22(28)25-19(20-14-33-23(26-20)21-5-2-10-32-21)12-15-6-8-18(9-7-15)27-34(29,30)31/h1-11,14,19,27H,12-13H2,(H,25,28)(H,29,30,31)/t19-/m0/s1. The van der Waals surface area contributed by atoms with Gasteiger partial charge in [-0.3, -0.25) is 14.1 Å². The maximum absolute atomic E-state index is 12.9. The fraction of sp³-hybridized carbons (Fsp3) is 0.130. The SMILES string of the molecule is O=C(Cc1cccc(Cl)c1)N[C@@H](Cc1ccc(NS(=O)(=O)O)cc1)c1csc(-c2cccs2)n1. The maximum atomic E-state index is 12.9. The molecule has 1 atom stereocenters. The molecule has 2 heterocycles. The summed E-state index contributed by atoms with van der Waals surface area (Å²) < 4.78 is 33.0. The van der Waals surface area contributed by atoms with E-state index in [0.717, 1.165) is 26.7 Å². The van der Waals surface area contributed by atoms with Crippen LogP contribution in [0.25, 0.3) is 9.88 Å². The van der Waals surface area contributed by atoms with Gasteiger partial charge in [-0.25, -0.2) is 4.98 Å². The Morgan fingerprint density at radius 3 is 2.53 bits per heavy atom. The third-order valence-corrected chi connectivity index (χ3v) is 7.47. The van der Waals surface area contributed by atoms with Crippen LogP contribution in [0.5, 0.6) is 0 Å². The number of halogens is 1. The summed E-state index contributed by atoms with van der Waals surface area (Å²) in [6.45, 7) is 0. The Morgan fingerprint density at radius 1 is 1.06 bits per heavy atom. The Hall–Kier alpha value is -2.76. The van der Waals surface area contributed by atoms with Gasteiger partial charge in [0, 0.05) is 10.4 Å². The van der Waals surface area contributed by atoms with E-state index < -0.39 is 16.3 Å². The van der Waals surface area contributed by atoms with Crippen molar-refractivity contribution in [2.45, 2.75) is 18.9 Å². The van der Waals surface area contributed by atoms with E-state index in [1.54, 1.807) is 53.8 Å². The number of aromatic nitrogens is 1. The highest BCUT2D eigenvalue weighted by molar-refractivity contribution is 7.87. The zero-order valence-electron chi connectivity index (χ0n) is 17.6. The number of thiophene rings is 1. The van der Waals surface area contributed by atoms with Gasteiger partial charge in [0.1, 0.15) is 5.01 Å². The number of rotatable bonds is 9. The number of amides is 1. The van der Waals surface area contributed by atoms with Crippen LogP contribution in [0, 0.1) is 0 Å². The molecule has 0 aliphatic rings. The average Bonchev–Trinajstić information content (AvgIpc) is 3.46. The Kier molecular flexibility index (Phi) is 7.64. The fourth-order valence-corrected chi connectivity index (χ4v) is 5.69. The summed E-state index contributed by atoms with van der Waals surface area (Å²) in [5.74, 6) is -0.164. The summed E-state index contributed by atoms with van der Waals surface area (Å²) in [6.07, 6.45) is 0.622. The molecule has 1 amide bonds. The van der Waals surface area contributed by atoms with Crippen LogP contribution in [-0.2, 0) is 27.9 Å². The molecule has 2 aromatic heterocycles. The Balaban J connectivity index is 1.54. The molecule has 4 rings (SSSR count). The van der Waals surface area contributed by atoms with E-state index in [2.05, 4.69) is 5.32 Å². The number of thiazole rings is 1. The summed E-state index contributed by atoms with van der Waals surface area (Å²) in [7, 11) is -4.35. The zero-order valence-corrected chi connectivity index (χ0v) is 20.8. The van der Waals surface area contributed by atoms with Crippen LogP contribution in [0.3, 0.4) is 0 Å². The number of benzene rings is 2. The molecular weight excluding hydrogens is 514 g/mol. The molecule has 0 aliphatic heterocycles. The van der Waals surface area contributed by atoms with Gasteiger partial charge in [0.05, 0.1) is 28.7 Å². The van der Waals surface area contributed by atoms with Crippen molar-refractivity contribution in [2.75, 3.05) is 4.72 Å². The van der Waals surface area contributed by atoms with Crippen molar-refractivity contribution in [3.05, 3.63) is 93.3 Å². The molecule has 0 unspecified atom stereocenters. The third-order valence-electron chi connectivity index (χ3n) is 4.84. The first-order valence-electron chi connectivity index (χ1n) is 10.1. The molecule has 4 aromatic rings. The first-order chi connectivity index (χ1) is 16.2. The Labute approximate surface area is 210 Å². The van der Waals surface area contributed by atoms with Gasteiger partial charge in [0.15, 0.2) is 0 Å². The molecule has 3 N–H and O–H groups in total. The average molecular weight is 534 g/mol.